The van der Waals surface area contributed by atoms with E-state index in [2.05, 4.69) is 10.1 Å². The fourth-order valence-electron chi connectivity index (χ4n) is 2.38. The lowest BCUT2D eigenvalue weighted by Crippen LogP contribution is -2.20. The summed E-state index contributed by atoms with van der Waals surface area (Å²) in [6.07, 6.45) is 4.51. The number of hydrogen-bond donors (Lipinski definition) is 1. The van der Waals surface area contributed by atoms with Gasteiger partial charge in [-0.3, -0.25) is 4.79 Å². The van der Waals surface area contributed by atoms with E-state index in [0.717, 1.165) is 5.69 Å². The zero-order chi connectivity index (χ0) is 18.4. The fraction of sp³-hybridized carbons (Fsp3) is 0.0500. The van der Waals surface area contributed by atoms with Crippen molar-refractivity contribution in [2.24, 2.45) is 10.7 Å². The third kappa shape index (κ3) is 3.87. The molecule has 2 N–H and O–H groups in total. The number of para-hydroxylation sites is 1. The Morgan fingerprint density at radius 2 is 1.96 bits per heavy atom. The highest BCUT2D eigenvalue weighted by atomic mass is 16.5. The van der Waals surface area contributed by atoms with Crippen molar-refractivity contribution in [1.29, 1.82) is 0 Å². The first-order chi connectivity index (χ1) is 12.7. The SMILES string of the molecule is COc1cccc(-n2ccc(=O)c(C(C=CN)=Nc3ccccc3)n2)c1. The number of hydrogen-bond acceptors (Lipinski definition) is 5. The Bertz CT molecular complexity index is 1010. The van der Waals surface area contributed by atoms with Gasteiger partial charge in [-0.05, 0) is 36.5 Å². The van der Waals surface area contributed by atoms with Crippen molar-refractivity contribution in [3.63, 3.8) is 0 Å². The molecule has 3 rings (SSSR count). The molecule has 1 heterocycles. The predicted octanol–water partition coefficient (Wildman–Crippen LogP) is 2.83. The third-order valence-corrected chi connectivity index (χ3v) is 3.63. The van der Waals surface area contributed by atoms with Crippen LogP contribution in [0.25, 0.3) is 5.69 Å². The topological polar surface area (TPSA) is 82.5 Å². The highest BCUT2D eigenvalue weighted by Crippen LogP contribution is 2.16. The maximum absolute atomic E-state index is 12.4. The summed E-state index contributed by atoms with van der Waals surface area (Å²) in [6, 6.07) is 18.2. The number of aromatic nitrogens is 2. The van der Waals surface area contributed by atoms with Crippen LogP contribution in [0.5, 0.6) is 5.75 Å². The minimum Gasteiger partial charge on any atom is -0.497 e. The quantitative estimate of drug-likeness (QED) is 0.720. The van der Waals surface area contributed by atoms with Gasteiger partial charge in [-0.15, -0.1) is 0 Å². The number of allylic oxidation sites excluding steroid dienone is 1. The summed E-state index contributed by atoms with van der Waals surface area (Å²) in [5.41, 5.74) is 7.38. The van der Waals surface area contributed by atoms with Crippen LogP contribution in [0.3, 0.4) is 0 Å². The van der Waals surface area contributed by atoms with Gasteiger partial charge in [0.1, 0.15) is 5.75 Å². The molecule has 0 atom stereocenters. The summed E-state index contributed by atoms with van der Waals surface area (Å²) >= 11 is 0. The Labute approximate surface area is 150 Å². The van der Waals surface area contributed by atoms with E-state index in [1.807, 2.05) is 54.6 Å². The van der Waals surface area contributed by atoms with E-state index in [9.17, 15) is 4.79 Å². The van der Waals surface area contributed by atoms with Crippen molar-refractivity contribution in [3.05, 3.63) is 95.1 Å². The van der Waals surface area contributed by atoms with E-state index < -0.39 is 0 Å². The van der Waals surface area contributed by atoms with Gasteiger partial charge in [0.05, 0.1) is 24.2 Å². The van der Waals surface area contributed by atoms with Gasteiger partial charge in [0.25, 0.3) is 0 Å². The molecule has 0 fully saturated rings. The van der Waals surface area contributed by atoms with Crippen molar-refractivity contribution in [2.75, 3.05) is 7.11 Å². The molecule has 0 bridgehead atoms. The molecule has 3 aromatic rings. The molecule has 26 heavy (non-hydrogen) atoms. The van der Waals surface area contributed by atoms with E-state index in [0.29, 0.717) is 17.1 Å². The minimum atomic E-state index is -0.239. The van der Waals surface area contributed by atoms with Crippen molar-refractivity contribution in [2.45, 2.75) is 0 Å². The number of methoxy groups -OCH3 is 1. The van der Waals surface area contributed by atoms with Gasteiger partial charge >= 0.3 is 0 Å². The van der Waals surface area contributed by atoms with Crippen molar-refractivity contribution in [1.82, 2.24) is 9.78 Å². The Balaban J connectivity index is 2.11. The highest BCUT2D eigenvalue weighted by Gasteiger charge is 2.10. The molecule has 0 amide bonds. The van der Waals surface area contributed by atoms with Crippen molar-refractivity contribution in [3.8, 4) is 11.4 Å². The maximum Gasteiger partial charge on any atom is 0.209 e. The number of rotatable bonds is 5. The summed E-state index contributed by atoms with van der Waals surface area (Å²) < 4.78 is 6.84. The minimum absolute atomic E-state index is 0.209. The van der Waals surface area contributed by atoms with Gasteiger partial charge in [-0.1, -0.05) is 24.3 Å². The number of nitrogens with two attached hydrogens (primary N) is 1. The smallest absolute Gasteiger partial charge is 0.209 e. The van der Waals surface area contributed by atoms with E-state index in [4.69, 9.17) is 10.5 Å². The summed E-state index contributed by atoms with van der Waals surface area (Å²) in [7, 11) is 1.60. The number of nitrogens with zero attached hydrogens (tertiary/aromatic N) is 3. The van der Waals surface area contributed by atoms with Crippen molar-refractivity contribution < 1.29 is 4.74 Å². The van der Waals surface area contributed by atoms with Gasteiger partial charge in [0.15, 0.2) is 5.69 Å². The van der Waals surface area contributed by atoms with Gasteiger partial charge in [0, 0.05) is 18.3 Å². The van der Waals surface area contributed by atoms with Crippen LogP contribution in [0, 0.1) is 0 Å². The van der Waals surface area contributed by atoms with E-state index in [1.165, 1.54) is 12.3 Å². The first-order valence-corrected chi connectivity index (χ1v) is 7.98. The maximum atomic E-state index is 12.4. The summed E-state index contributed by atoms with van der Waals surface area (Å²) in [5, 5.41) is 4.44. The molecule has 2 aromatic carbocycles. The zero-order valence-electron chi connectivity index (χ0n) is 14.2. The molecule has 0 aliphatic heterocycles. The lowest BCUT2D eigenvalue weighted by molar-refractivity contribution is 0.414. The highest BCUT2D eigenvalue weighted by molar-refractivity contribution is 6.08. The standard InChI is InChI=1S/C20H18N4O2/c1-26-17-9-5-8-16(14-17)24-13-11-19(25)20(23-24)18(10-12-21)22-15-6-3-2-4-7-15/h2-14H,21H2,1H3. The molecule has 0 saturated heterocycles. The average Bonchev–Trinajstić information content (AvgIpc) is 2.69. The average molecular weight is 346 g/mol. The van der Waals surface area contributed by atoms with Crippen LogP contribution in [-0.4, -0.2) is 22.6 Å². The van der Waals surface area contributed by atoms with Crippen molar-refractivity contribution >= 4 is 11.4 Å². The summed E-state index contributed by atoms with van der Waals surface area (Å²) in [5.74, 6) is 0.699. The Morgan fingerprint density at radius 1 is 1.15 bits per heavy atom. The van der Waals surface area contributed by atoms with E-state index in [-0.39, 0.29) is 11.1 Å². The van der Waals surface area contributed by atoms with Crippen LogP contribution < -0.4 is 15.9 Å². The molecule has 0 aliphatic carbocycles. The van der Waals surface area contributed by atoms with Crippen LogP contribution >= 0.6 is 0 Å². The molecular weight excluding hydrogens is 328 g/mol. The van der Waals surface area contributed by atoms with Gasteiger partial charge in [0.2, 0.25) is 5.43 Å². The predicted molar refractivity (Wildman–Crippen MR) is 102 cm³/mol. The fourth-order valence-corrected chi connectivity index (χ4v) is 2.38. The molecule has 0 spiro atoms. The molecule has 0 aliphatic rings. The number of benzene rings is 2. The van der Waals surface area contributed by atoms with Gasteiger partial charge in [-0.2, -0.15) is 5.10 Å². The summed E-state index contributed by atoms with van der Waals surface area (Å²) in [4.78, 5) is 16.9. The molecule has 0 unspecified atom stereocenters. The Kier molecular flexibility index (Phi) is 5.24. The second-order valence-electron chi connectivity index (χ2n) is 5.37. The number of ether oxygens (including phenoxy) is 1. The second kappa shape index (κ2) is 7.94. The molecule has 0 radical (unpaired) electrons. The largest absolute Gasteiger partial charge is 0.497 e. The molecule has 6 nitrogen and oxygen atoms in total. The summed E-state index contributed by atoms with van der Waals surface area (Å²) in [6.45, 7) is 0. The molecular formula is C20H18N4O2. The van der Waals surface area contributed by atoms with Crippen LogP contribution in [0.15, 0.2) is 88.9 Å². The molecule has 6 heteroatoms. The van der Waals surface area contributed by atoms with Crippen LogP contribution in [0.2, 0.25) is 0 Å². The third-order valence-electron chi connectivity index (χ3n) is 3.63. The van der Waals surface area contributed by atoms with Crippen LogP contribution in [0.1, 0.15) is 5.69 Å². The lowest BCUT2D eigenvalue weighted by Gasteiger charge is -2.09. The monoisotopic (exact) mass is 346 g/mol. The Morgan fingerprint density at radius 3 is 2.69 bits per heavy atom. The van der Waals surface area contributed by atoms with Crippen LogP contribution in [0.4, 0.5) is 5.69 Å². The lowest BCUT2D eigenvalue weighted by atomic mass is 10.2. The van der Waals surface area contributed by atoms with Gasteiger partial charge in [-0.25, -0.2) is 9.67 Å². The van der Waals surface area contributed by atoms with Crippen LogP contribution in [-0.2, 0) is 0 Å². The normalized spacial score (nSPS) is 11.7. The first kappa shape index (κ1) is 17.2. The number of aliphatic imine (C=N–C) groups is 1. The van der Waals surface area contributed by atoms with Gasteiger partial charge < -0.3 is 10.5 Å². The van der Waals surface area contributed by atoms with E-state index >= 15 is 0 Å². The zero-order valence-corrected chi connectivity index (χ0v) is 14.2. The second-order valence-corrected chi connectivity index (χ2v) is 5.37. The first-order valence-electron chi connectivity index (χ1n) is 7.98. The molecule has 1 aromatic heterocycles. The van der Waals surface area contributed by atoms with E-state index in [1.54, 1.807) is 24.1 Å². The molecule has 130 valence electrons. The molecule has 0 saturated carbocycles. The Hall–Kier alpha value is -3.67.